The Balaban J connectivity index is 1.89. The molecule has 0 aliphatic heterocycles. The largest absolute Gasteiger partial charge is 0.259 e. The van der Waals surface area contributed by atoms with E-state index in [-0.39, 0.29) is 0 Å². The van der Waals surface area contributed by atoms with Gasteiger partial charge in [0.1, 0.15) is 0 Å². The van der Waals surface area contributed by atoms with Gasteiger partial charge in [-0.1, -0.05) is 59.7 Å². The number of nitrogens with one attached hydrogen (secondary N) is 1. The van der Waals surface area contributed by atoms with Crippen molar-refractivity contribution in [2.75, 3.05) is 0 Å². The molecule has 100 valence electrons. The average molecular weight is 263 g/mol. The van der Waals surface area contributed by atoms with Crippen LogP contribution in [0.2, 0.25) is 0 Å². The fourth-order valence-corrected chi connectivity index (χ4v) is 2.13. The zero-order chi connectivity index (χ0) is 13.9. The van der Waals surface area contributed by atoms with E-state index in [9.17, 15) is 0 Å². The lowest BCUT2D eigenvalue weighted by molar-refractivity contribution is 1.08. The summed E-state index contributed by atoms with van der Waals surface area (Å²) < 4.78 is 0. The molecule has 0 amide bonds. The molecule has 0 saturated carbocycles. The van der Waals surface area contributed by atoms with Crippen molar-refractivity contribution in [1.82, 2.24) is 15.2 Å². The number of hydrogen-bond donors (Lipinski definition) is 1. The highest BCUT2D eigenvalue weighted by Crippen LogP contribution is 2.21. The average Bonchev–Trinajstić information content (AvgIpc) is 2.83. The molecule has 1 aromatic carbocycles. The summed E-state index contributed by atoms with van der Waals surface area (Å²) in [6.45, 7) is 4.18. The van der Waals surface area contributed by atoms with Crippen LogP contribution >= 0.6 is 0 Å². The van der Waals surface area contributed by atoms with Crippen molar-refractivity contribution in [2.45, 2.75) is 20.3 Å². The molecule has 1 aliphatic carbocycles. The fourth-order valence-electron chi connectivity index (χ4n) is 2.13. The van der Waals surface area contributed by atoms with E-state index in [1.165, 1.54) is 11.1 Å². The molecule has 1 aromatic heterocycles. The van der Waals surface area contributed by atoms with E-state index in [1.807, 2.05) is 12.1 Å². The molecule has 0 fully saturated rings. The van der Waals surface area contributed by atoms with Gasteiger partial charge in [-0.25, -0.2) is 4.98 Å². The number of aromatic nitrogens is 3. The lowest BCUT2D eigenvalue weighted by Crippen LogP contribution is -1.84. The van der Waals surface area contributed by atoms with Crippen molar-refractivity contribution >= 4 is 5.57 Å². The molecule has 3 heteroatoms. The molecular formula is C17H17N3. The quantitative estimate of drug-likeness (QED) is 0.887. The van der Waals surface area contributed by atoms with Crippen LogP contribution < -0.4 is 0 Å². The first-order chi connectivity index (χ1) is 9.72. The van der Waals surface area contributed by atoms with Crippen molar-refractivity contribution in [1.29, 1.82) is 0 Å². The summed E-state index contributed by atoms with van der Waals surface area (Å²) in [7, 11) is 0. The summed E-state index contributed by atoms with van der Waals surface area (Å²) in [5.41, 5.74) is 4.63. The molecule has 0 spiro atoms. The van der Waals surface area contributed by atoms with Crippen LogP contribution in [0, 0.1) is 6.92 Å². The lowest BCUT2D eigenvalue weighted by atomic mass is 10.1. The summed E-state index contributed by atoms with van der Waals surface area (Å²) in [4.78, 5) is 4.59. The Kier molecular flexibility index (Phi) is 3.33. The highest BCUT2D eigenvalue weighted by molar-refractivity contribution is 5.72. The molecule has 0 bridgehead atoms. The maximum absolute atomic E-state index is 4.59. The maximum atomic E-state index is 4.59. The van der Waals surface area contributed by atoms with Crippen molar-refractivity contribution in [3.63, 3.8) is 0 Å². The molecule has 20 heavy (non-hydrogen) atoms. The van der Waals surface area contributed by atoms with Crippen LogP contribution in [0.3, 0.4) is 0 Å². The predicted molar refractivity (Wildman–Crippen MR) is 82.0 cm³/mol. The molecule has 1 N–H and O–H groups in total. The minimum atomic E-state index is 0.739. The van der Waals surface area contributed by atoms with E-state index in [1.54, 1.807) is 0 Å². The van der Waals surface area contributed by atoms with Gasteiger partial charge in [-0.2, -0.15) is 5.10 Å². The molecular weight excluding hydrogens is 246 g/mol. The number of allylic oxidation sites excluding steroid dienone is 6. The Morgan fingerprint density at radius 1 is 1.00 bits per heavy atom. The maximum Gasteiger partial charge on any atom is 0.181 e. The van der Waals surface area contributed by atoms with E-state index in [4.69, 9.17) is 0 Å². The number of hydrogen-bond acceptors (Lipinski definition) is 2. The third-order valence-corrected chi connectivity index (χ3v) is 3.37. The minimum Gasteiger partial charge on any atom is -0.259 e. The predicted octanol–water partition coefficient (Wildman–Crippen LogP) is 4.07. The summed E-state index contributed by atoms with van der Waals surface area (Å²) in [6.07, 6.45) is 9.47. The molecule has 0 atom stereocenters. The second-order valence-corrected chi connectivity index (χ2v) is 5.05. The minimum absolute atomic E-state index is 0.739. The monoisotopic (exact) mass is 263 g/mol. The van der Waals surface area contributed by atoms with E-state index in [0.717, 1.165) is 29.2 Å². The number of H-pyrrole nitrogens is 1. The molecule has 3 rings (SSSR count). The standard InChI is InChI=1S/C17H17N3/c1-12-4-3-5-14(9-6-12)16-18-17(20-19-16)15-10-7-13(2)8-11-15/h4-11H,3H2,1-2H3,(H,18,19,20). The number of aromatic amines is 1. The second-order valence-electron chi connectivity index (χ2n) is 5.05. The molecule has 1 heterocycles. The van der Waals surface area contributed by atoms with Crippen LogP contribution in [0.5, 0.6) is 0 Å². The van der Waals surface area contributed by atoms with Crippen LogP contribution in [0.1, 0.15) is 24.7 Å². The Bertz CT molecular complexity index is 700. The van der Waals surface area contributed by atoms with Crippen LogP contribution in [-0.4, -0.2) is 15.2 Å². The van der Waals surface area contributed by atoms with Crippen LogP contribution in [0.4, 0.5) is 0 Å². The van der Waals surface area contributed by atoms with Crippen LogP contribution in [-0.2, 0) is 0 Å². The second kappa shape index (κ2) is 5.29. The molecule has 1 aliphatic rings. The van der Waals surface area contributed by atoms with E-state index >= 15 is 0 Å². The van der Waals surface area contributed by atoms with Gasteiger partial charge in [0, 0.05) is 11.1 Å². The van der Waals surface area contributed by atoms with Gasteiger partial charge in [-0.05, 0) is 20.3 Å². The molecule has 3 nitrogen and oxygen atoms in total. The van der Waals surface area contributed by atoms with Gasteiger partial charge in [0.25, 0.3) is 0 Å². The number of rotatable bonds is 2. The Labute approximate surface area is 118 Å². The van der Waals surface area contributed by atoms with Crippen molar-refractivity contribution in [3.05, 3.63) is 65.5 Å². The van der Waals surface area contributed by atoms with Gasteiger partial charge in [-0.3, -0.25) is 5.10 Å². The van der Waals surface area contributed by atoms with Gasteiger partial charge < -0.3 is 0 Å². The Morgan fingerprint density at radius 3 is 2.60 bits per heavy atom. The highest BCUT2D eigenvalue weighted by atomic mass is 15.2. The van der Waals surface area contributed by atoms with Crippen LogP contribution in [0.15, 0.2) is 54.1 Å². The number of aryl methyl sites for hydroxylation is 1. The van der Waals surface area contributed by atoms with Crippen molar-refractivity contribution in [3.8, 4) is 11.4 Å². The molecule has 2 aromatic rings. The van der Waals surface area contributed by atoms with Gasteiger partial charge in [0.15, 0.2) is 11.6 Å². The third-order valence-electron chi connectivity index (χ3n) is 3.37. The van der Waals surface area contributed by atoms with Crippen molar-refractivity contribution < 1.29 is 0 Å². The molecule has 0 saturated heterocycles. The van der Waals surface area contributed by atoms with E-state index < -0.39 is 0 Å². The lowest BCUT2D eigenvalue weighted by Gasteiger charge is -1.96. The first kappa shape index (κ1) is 12.6. The van der Waals surface area contributed by atoms with E-state index in [0.29, 0.717) is 0 Å². The zero-order valence-corrected chi connectivity index (χ0v) is 11.7. The zero-order valence-electron chi connectivity index (χ0n) is 11.7. The van der Waals surface area contributed by atoms with Crippen LogP contribution in [0.25, 0.3) is 17.0 Å². The smallest absolute Gasteiger partial charge is 0.181 e. The van der Waals surface area contributed by atoms with Gasteiger partial charge >= 0.3 is 0 Å². The summed E-state index contributed by atoms with van der Waals surface area (Å²) >= 11 is 0. The first-order valence-electron chi connectivity index (χ1n) is 6.77. The van der Waals surface area contributed by atoms with Crippen molar-refractivity contribution in [2.24, 2.45) is 0 Å². The summed E-state index contributed by atoms with van der Waals surface area (Å²) in [6, 6.07) is 8.24. The summed E-state index contributed by atoms with van der Waals surface area (Å²) in [5, 5.41) is 7.34. The molecule has 0 radical (unpaired) electrons. The third kappa shape index (κ3) is 2.62. The number of benzene rings is 1. The fraction of sp³-hybridized carbons (Fsp3) is 0.176. The van der Waals surface area contributed by atoms with Gasteiger partial charge in [0.05, 0.1) is 0 Å². The summed E-state index contributed by atoms with van der Waals surface area (Å²) in [5.74, 6) is 1.56. The normalized spacial score (nSPS) is 14.7. The Hall–Kier alpha value is -2.42. The number of nitrogens with zero attached hydrogens (tertiary/aromatic N) is 2. The highest BCUT2D eigenvalue weighted by Gasteiger charge is 2.08. The van der Waals surface area contributed by atoms with Gasteiger partial charge in [-0.15, -0.1) is 0 Å². The van der Waals surface area contributed by atoms with E-state index in [2.05, 4.69) is 65.5 Å². The topological polar surface area (TPSA) is 41.6 Å². The Morgan fingerprint density at radius 2 is 1.80 bits per heavy atom. The first-order valence-corrected chi connectivity index (χ1v) is 6.77. The SMILES string of the molecule is CC1=CCC=C(c2nc(-c3ccc(C)cc3)n[nH]2)C=C1. The molecule has 0 unspecified atom stereocenters. The van der Waals surface area contributed by atoms with Gasteiger partial charge in [0.2, 0.25) is 0 Å².